The predicted octanol–water partition coefficient (Wildman–Crippen LogP) is 0.934. The van der Waals surface area contributed by atoms with Gasteiger partial charge in [-0.15, -0.1) is 0 Å². The summed E-state index contributed by atoms with van der Waals surface area (Å²) in [6.45, 7) is -0.675. The molecule has 220 valence electrons. The Morgan fingerprint density at radius 2 is 1.44 bits per heavy atom. The molecule has 4 aromatic rings. The quantitative estimate of drug-likeness (QED) is 0.210. The first-order valence-electron chi connectivity index (χ1n) is 12.3. The van der Waals surface area contributed by atoms with Crippen molar-refractivity contribution in [2.45, 2.75) is 49.8 Å². The van der Waals surface area contributed by atoms with Crippen molar-refractivity contribution in [3.05, 3.63) is 25.3 Å². The van der Waals surface area contributed by atoms with E-state index in [1.165, 1.54) is 25.3 Å². The summed E-state index contributed by atoms with van der Waals surface area (Å²) < 4.78 is 69.5. The van der Waals surface area contributed by atoms with E-state index in [2.05, 4.69) is 29.9 Å². The maximum atomic E-state index is 14.8. The van der Waals surface area contributed by atoms with Crippen LogP contribution in [0.25, 0.3) is 22.3 Å². The number of nitrogens with two attached hydrogens (primary N) is 2. The summed E-state index contributed by atoms with van der Waals surface area (Å²) in [7, 11) is -6.47. The molecule has 2 aliphatic rings. The highest BCUT2D eigenvalue weighted by Gasteiger charge is 2.41. The van der Waals surface area contributed by atoms with E-state index in [-0.39, 0.29) is 37.7 Å². The summed E-state index contributed by atoms with van der Waals surface area (Å²) in [6, 6.07) is 0. The van der Waals surface area contributed by atoms with Crippen molar-refractivity contribution in [3.8, 4) is 0 Å². The van der Waals surface area contributed by atoms with Crippen LogP contribution in [-0.4, -0.2) is 81.6 Å². The molecule has 4 unspecified atom stereocenters. The average molecular weight is 614 g/mol. The Balaban J connectivity index is 1.09. The summed E-state index contributed by atoms with van der Waals surface area (Å²) in [5, 5.41) is 0. The number of aromatic nitrogens is 8. The largest absolute Gasteiger partial charge is 0.382 e. The van der Waals surface area contributed by atoms with Crippen molar-refractivity contribution < 1.29 is 41.5 Å². The summed E-state index contributed by atoms with van der Waals surface area (Å²) in [5.41, 5.74) is 13.2. The highest BCUT2D eigenvalue weighted by atomic mass is 31.1. The lowest BCUT2D eigenvalue weighted by Gasteiger charge is -2.19. The fourth-order valence-electron chi connectivity index (χ4n) is 4.78. The molecule has 6 heterocycles. The lowest BCUT2D eigenvalue weighted by molar-refractivity contribution is -0.0407. The zero-order chi connectivity index (χ0) is 28.7. The van der Waals surface area contributed by atoms with E-state index in [1.54, 1.807) is 9.13 Å². The molecule has 2 fully saturated rings. The van der Waals surface area contributed by atoms with E-state index in [0.717, 1.165) is 0 Å². The van der Waals surface area contributed by atoms with Gasteiger partial charge in [-0.2, -0.15) is 0 Å². The molecule has 4 aromatic heterocycles. The van der Waals surface area contributed by atoms with E-state index in [9.17, 15) is 13.5 Å². The molecule has 0 aromatic carbocycles. The molecule has 0 aliphatic carbocycles. The van der Waals surface area contributed by atoms with E-state index in [4.69, 9.17) is 39.4 Å². The predicted molar refractivity (Wildman–Crippen MR) is 138 cm³/mol. The summed E-state index contributed by atoms with van der Waals surface area (Å²) in [6.07, 6.45) is -0.118. The molecule has 21 heteroatoms. The van der Waals surface area contributed by atoms with Crippen LogP contribution in [0.1, 0.15) is 25.3 Å². The van der Waals surface area contributed by atoms with Gasteiger partial charge in [-0.1, -0.05) is 0 Å². The van der Waals surface area contributed by atoms with Crippen LogP contribution >= 0.6 is 16.5 Å². The second-order valence-electron chi connectivity index (χ2n) is 9.21. The first-order valence-corrected chi connectivity index (χ1v) is 14.8. The van der Waals surface area contributed by atoms with E-state index < -0.39 is 53.4 Å². The van der Waals surface area contributed by atoms with Crippen LogP contribution in [0.4, 0.5) is 16.0 Å². The van der Waals surface area contributed by atoms with E-state index in [1.807, 2.05) is 0 Å². The average Bonchev–Trinajstić information content (AvgIpc) is 3.72. The Kier molecular flexibility index (Phi) is 7.93. The van der Waals surface area contributed by atoms with Crippen LogP contribution in [-0.2, 0) is 32.2 Å². The molecular formula is C20H25FN10O8P2. The first-order chi connectivity index (χ1) is 19.8. The minimum Gasteiger partial charge on any atom is -0.382 e. The molecule has 8 atom stereocenters. The Bertz CT molecular complexity index is 1610. The van der Waals surface area contributed by atoms with Crippen molar-refractivity contribution >= 4 is 50.5 Å². The van der Waals surface area contributed by atoms with Crippen LogP contribution in [0, 0.1) is 0 Å². The van der Waals surface area contributed by atoms with Gasteiger partial charge in [0.2, 0.25) is 0 Å². The van der Waals surface area contributed by atoms with Gasteiger partial charge < -0.3 is 39.4 Å². The van der Waals surface area contributed by atoms with Gasteiger partial charge in [-0.3, -0.25) is 18.3 Å². The van der Waals surface area contributed by atoms with Crippen molar-refractivity contribution in [2.75, 3.05) is 24.7 Å². The molecular weight excluding hydrogens is 589 g/mol. The Labute approximate surface area is 231 Å². The number of halogens is 1. The Morgan fingerprint density at radius 1 is 0.878 bits per heavy atom. The molecule has 0 amide bonds. The van der Waals surface area contributed by atoms with E-state index >= 15 is 0 Å². The minimum absolute atomic E-state index is 0.0178. The van der Waals surface area contributed by atoms with E-state index in [0.29, 0.717) is 22.3 Å². The van der Waals surface area contributed by atoms with Crippen molar-refractivity contribution in [1.82, 2.24) is 39.0 Å². The number of ether oxygens (including phenoxy) is 2. The lowest BCUT2D eigenvalue weighted by Crippen LogP contribution is -2.27. The number of imidazole rings is 2. The van der Waals surface area contributed by atoms with Crippen molar-refractivity contribution in [2.24, 2.45) is 0 Å². The molecule has 2 aliphatic heterocycles. The van der Waals surface area contributed by atoms with Gasteiger partial charge in [-0.05, 0) is 0 Å². The van der Waals surface area contributed by atoms with Crippen LogP contribution < -0.4 is 11.5 Å². The highest BCUT2D eigenvalue weighted by Crippen LogP contribution is 2.41. The SMILES string of the molecule is Nc1ncnc2c1ncn2[C@H]1C[C@@H](F)C(CO[PH](=O)O[C@H]2C[C@H](n3cnc4c(N)ncnc43)OC2CO[PH](=O)O)O1. The number of rotatable bonds is 10. The smallest absolute Gasteiger partial charge is 0.319 e. The van der Waals surface area contributed by atoms with Gasteiger partial charge in [0.1, 0.15) is 54.5 Å². The monoisotopic (exact) mass is 614 g/mol. The minimum atomic E-state index is -3.27. The third-order valence-corrected chi connectivity index (χ3v) is 8.03. The lowest BCUT2D eigenvalue weighted by atomic mass is 10.2. The number of fused-ring (bicyclic) bond motifs is 2. The molecule has 0 saturated carbocycles. The zero-order valence-electron chi connectivity index (χ0n) is 21.0. The third kappa shape index (κ3) is 5.67. The van der Waals surface area contributed by atoms with Crippen LogP contribution in [0.3, 0.4) is 0 Å². The van der Waals surface area contributed by atoms with Crippen LogP contribution in [0.2, 0.25) is 0 Å². The van der Waals surface area contributed by atoms with Gasteiger partial charge in [0.05, 0.1) is 32.0 Å². The van der Waals surface area contributed by atoms with Gasteiger partial charge in [0.25, 0.3) is 0 Å². The zero-order valence-corrected chi connectivity index (χ0v) is 23.0. The Morgan fingerprint density at radius 3 is 2.05 bits per heavy atom. The number of nitrogen functional groups attached to an aromatic ring is 2. The normalized spacial score (nSPS) is 28.0. The molecule has 18 nitrogen and oxygen atoms in total. The fraction of sp³-hybridized carbons (Fsp3) is 0.500. The number of alkyl halides is 1. The standard InChI is InChI=1S/C20H25FN10O8P2/c21-9-1-13(30-7-28-15-17(22)24-5-26-19(15)30)37-11(9)3-36-41(34)39-10-2-14(38-12(10)4-35-40(32)33)31-8-29-16-18(23)25-6-27-20(16)31/h5-14,40-41H,1-4H2,(H,32,33)(H2,22,24,26)(H2,23,25,27)/t9-,10+,11?,12?,13-,14-/m1/s1. The molecule has 2 saturated heterocycles. The summed E-state index contributed by atoms with van der Waals surface area (Å²) in [5.74, 6) is 0.365. The molecule has 5 N–H and O–H groups in total. The maximum absolute atomic E-state index is 14.8. The second kappa shape index (κ2) is 11.6. The summed E-state index contributed by atoms with van der Waals surface area (Å²) in [4.78, 5) is 33.6. The number of anilines is 2. The first kappa shape index (κ1) is 28.0. The fourth-order valence-corrected chi connectivity index (χ4v) is 5.95. The van der Waals surface area contributed by atoms with Gasteiger partial charge in [-0.25, -0.2) is 34.3 Å². The van der Waals surface area contributed by atoms with Crippen molar-refractivity contribution in [1.29, 1.82) is 0 Å². The topological polar surface area (TPSA) is 240 Å². The summed E-state index contributed by atoms with van der Waals surface area (Å²) >= 11 is 0. The molecule has 41 heavy (non-hydrogen) atoms. The third-order valence-electron chi connectivity index (χ3n) is 6.72. The molecule has 0 spiro atoms. The second-order valence-corrected chi connectivity index (χ2v) is 11.1. The molecule has 6 rings (SSSR count). The maximum Gasteiger partial charge on any atom is 0.319 e. The van der Waals surface area contributed by atoms with Gasteiger partial charge in [0, 0.05) is 12.8 Å². The highest BCUT2D eigenvalue weighted by molar-refractivity contribution is 7.33. The molecule has 0 radical (unpaired) electrons. The van der Waals surface area contributed by atoms with Crippen molar-refractivity contribution in [3.63, 3.8) is 0 Å². The number of hydrogen-bond donors (Lipinski definition) is 3. The molecule has 0 bridgehead atoms. The van der Waals surface area contributed by atoms with Crippen LogP contribution in [0.15, 0.2) is 25.3 Å². The van der Waals surface area contributed by atoms with Crippen LogP contribution in [0.5, 0.6) is 0 Å². The Hall–Kier alpha value is -3.15. The van der Waals surface area contributed by atoms with Gasteiger partial charge in [0.15, 0.2) is 22.9 Å². The van der Waals surface area contributed by atoms with Gasteiger partial charge >= 0.3 is 16.5 Å². The number of nitrogens with zero attached hydrogens (tertiary/aromatic N) is 8. The number of hydrogen-bond acceptors (Lipinski definition) is 15.